The molecular weight excluding hydrogens is 376 g/mol. The molecule has 10 heteroatoms. The molecule has 0 aliphatic carbocycles. The number of benzene rings is 1. The minimum absolute atomic E-state index is 0.0545. The van der Waals surface area contributed by atoms with Crippen molar-refractivity contribution in [2.75, 3.05) is 22.3 Å². The number of rotatable bonds is 9. The standard InChI is InChI=1S/C16H22N4O4S2/c1-2-11-25(21,22)20-16-8-5-14(12-19-16)18-10-9-13-3-6-15(7-4-13)26(17,23)24/h3-8,12,18H,2,9-11H2,1H3,(H,19,20)(H2,17,23,24). The molecule has 0 atom stereocenters. The fourth-order valence-corrected chi connectivity index (χ4v) is 3.83. The molecule has 0 amide bonds. The van der Waals surface area contributed by atoms with Crippen molar-refractivity contribution in [3.8, 4) is 0 Å². The zero-order valence-corrected chi connectivity index (χ0v) is 16.0. The SMILES string of the molecule is CCCS(=O)(=O)Nc1ccc(NCCc2ccc(S(N)(=O)=O)cc2)cn1. The Bertz CT molecular complexity index is 925. The van der Waals surface area contributed by atoms with E-state index >= 15 is 0 Å². The summed E-state index contributed by atoms with van der Waals surface area (Å²) in [6.07, 6.45) is 2.76. The maximum Gasteiger partial charge on any atom is 0.238 e. The molecule has 1 aromatic carbocycles. The van der Waals surface area contributed by atoms with Gasteiger partial charge in [0.05, 0.1) is 22.5 Å². The fourth-order valence-electron chi connectivity index (χ4n) is 2.23. The third kappa shape index (κ3) is 6.28. The van der Waals surface area contributed by atoms with E-state index in [1.807, 2.05) is 0 Å². The average Bonchev–Trinajstić information content (AvgIpc) is 2.56. The Kier molecular flexibility index (Phi) is 6.57. The molecule has 8 nitrogen and oxygen atoms in total. The van der Waals surface area contributed by atoms with Gasteiger partial charge >= 0.3 is 0 Å². The summed E-state index contributed by atoms with van der Waals surface area (Å²) in [7, 11) is -7.03. The predicted molar refractivity (Wildman–Crippen MR) is 102 cm³/mol. The number of aromatic nitrogens is 1. The maximum atomic E-state index is 11.7. The lowest BCUT2D eigenvalue weighted by Crippen LogP contribution is -2.17. The zero-order valence-electron chi connectivity index (χ0n) is 14.3. The molecule has 0 unspecified atom stereocenters. The fraction of sp³-hybridized carbons (Fsp3) is 0.312. The van der Waals surface area contributed by atoms with Crippen LogP contribution in [-0.4, -0.2) is 34.1 Å². The van der Waals surface area contributed by atoms with Crippen molar-refractivity contribution in [3.63, 3.8) is 0 Å². The van der Waals surface area contributed by atoms with E-state index in [4.69, 9.17) is 5.14 Å². The first-order chi connectivity index (χ1) is 12.2. The van der Waals surface area contributed by atoms with Crippen LogP contribution in [-0.2, 0) is 26.5 Å². The van der Waals surface area contributed by atoms with Crippen molar-refractivity contribution in [2.24, 2.45) is 5.14 Å². The van der Waals surface area contributed by atoms with Crippen LogP contribution in [0.15, 0.2) is 47.5 Å². The second-order valence-corrected chi connectivity index (χ2v) is 9.12. The van der Waals surface area contributed by atoms with E-state index in [0.717, 1.165) is 11.3 Å². The lowest BCUT2D eigenvalue weighted by molar-refractivity contribution is 0.596. The molecule has 0 bridgehead atoms. The number of pyridine rings is 1. The summed E-state index contributed by atoms with van der Waals surface area (Å²) >= 11 is 0. The van der Waals surface area contributed by atoms with Gasteiger partial charge < -0.3 is 5.32 Å². The van der Waals surface area contributed by atoms with Crippen LogP contribution in [0.25, 0.3) is 0 Å². The van der Waals surface area contributed by atoms with Gasteiger partial charge in [-0.25, -0.2) is 27.0 Å². The van der Waals surface area contributed by atoms with Crippen molar-refractivity contribution in [1.82, 2.24) is 4.98 Å². The topological polar surface area (TPSA) is 131 Å². The molecule has 4 N–H and O–H groups in total. The number of hydrogen-bond donors (Lipinski definition) is 3. The molecule has 0 aliphatic heterocycles. The third-order valence-corrected chi connectivity index (χ3v) is 5.89. The Labute approximate surface area is 153 Å². The normalized spacial score (nSPS) is 11.9. The molecule has 0 saturated carbocycles. The molecule has 0 fully saturated rings. The van der Waals surface area contributed by atoms with E-state index in [1.165, 1.54) is 12.1 Å². The average molecular weight is 399 g/mol. The molecule has 2 rings (SSSR count). The molecule has 2 aromatic rings. The lowest BCUT2D eigenvalue weighted by Gasteiger charge is -2.09. The van der Waals surface area contributed by atoms with Crippen LogP contribution in [0.1, 0.15) is 18.9 Å². The minimum atomic E-state index is -3.68. The summed E-state index contributed by atoms with van der Waals surface area (Å²) in [5.74, 6) is 0.335. The van der Waals surface area contributed by atoms with Crippen molar-refractivity contribution < 1.29 is 16.8 Å². The van der Waals surface area contributed by atoms with Gasteiger partial charge in [-0.2, -0.15) is 0 Å². The Morgan fingerprint density at radius 2 is 1.73 bits per heavy atom. The molecule has 26 heavy (non-hydrogen) atoms. The number of nitrogens with two attached hydrogens (primary N) is 1. The van der Waals surface area contributed by atoms with Crippen LogP contribution in [0.4, 0.5) is 11.5 Å². The van der Waals surface area contributed by atoms with E-state index in [2.05, 4.69) is 15.0 Å². The summed E-state index contributed by atoms with van der Waals surface area (Å²) in [5, 5.41) is 8.23. The second kappa shape index (κ2) is 8.47. The van der Waals surface area contributed by atoms with Crippen molar-refractivity contribution in [2.45, 2.75) is 24.7 Å². The molecular formula is C16H22N4O4S2. The van der Waals surface area contributed by atoms with Crippen LogP contribution in [0.5, 0.6) is 0 Å². The first kappa shape index (κ1) is 20.1. The Balaban J connectivity index is 1.86. The van der Waals surface area contributed by atoms with E-state index < -0.39 is 20.0 Å². The van der Waals surface area contributed by atoms with Crippen LogP contribution >= 0.6 is 0 Å². The molecule has 1 aromatic heterocycles. The minimum Gasteiger partial charge on any atom is -0.383 e. The number of anilines is 2. The first-order valence-electron chi connectivity index (χ1n) is 8.02. The first-order valence-corrected chi connectivity index (χ1v) is 11.2. The van der Waals surface area contributed by atoms with Gasteiger partial charge in [0.25, 0.3) is 0 Å². The number of hydrogen-bond acceptors (Lipinski definition) is 6. The monoisotopic (exact) mass is 398 g/mol. The van der Waals surface area contributed by atoms with E-state index in [1.54, 1.807) is 37.4 Å². The molecule has 142 valence electrons. The van der Waals surface area contributed by atoms with E-state index in [0.29, 0.717) is 19.4 Å². The highest BCUT2D eigenvalue weighted by Crippen LogP contribution is 2.13. The van der Waals surface area contributed by atoms with Gasteiger partial charge in [0.1, 0.15) is 5.82 Å². The quantitative estimate of drug-likeness (QED) is 0.587. The smallest absolute Gasteiger partial charge is 0.238 e. The molecule has 0 spiro atoms. The highest BCUT2D eigenvalue weighted by atomic mass is 32.2. The summed E-state index contributed by atoms with van der Waals surface area (Å²) in [6.45, 7) is 2.40. The number of nitrogens with zero attached hydrogens (tertiary/aromatic N) is 1. The van der Waals surface area contributed by atoms with Crippen molar-refractivity contribution >= 4 is 31.6 Å². The lowest BCUT2D eigenvalue weighted by atomic mass is 10.1. The highest BCUT2D eigenvalue weighted by Gasteiger charge is 2.09. The van der Waals surface area contributed by atoms with Crippen molar-refractivity contribution in [3.05, 3.63) is 48.2 Å². The molecule has 0 aliphatic rings. The number of primary sulfonamides is 1. The van der Waals surface area contributed by atoms with Crippen LogP contribution in [0, 0.1) is 0 Å². The largest absolute Gasteiger partial charge is 0.383 e. The number of nitrogens with one attached hydrogen (secondary N) is 2. The van der Waals surface area contributed by atoms with Crippen LogP contribution in [0.3, 0.4) is 0 Å². The summed E-state index contributed by atoms with van der Waals surface area (Å²) in [5.41, 5.74) is 1.71. The molecule has 0 radical (unpaired) electrons. The summed E-state index contributed by atoms with van der Waals surface area (Å²) in [6, 6.07) is 9.71. The zero-order chi connectivity index (χ0) is 19.2. The van der Waals surface area contributed by atoms with Gasteiger partial charge in [-0.05, 0) is 42.7 Å². The Morgan fingerprint density at radius 3 is 2.27 bits per heavy atom. The van der Waals surface area contributed by atoms with E-state index in [9.17, 15) is 16.8 Å². The molecule has 0 saturated heterocycles. The van der Waals surface area contributed by atoms with Gasteiger partial charge in [-0.3, -0.25) is 4.72 Å². The number of sulfonamides is 2. The maximum absolute atomic E-state index is 11.7. The Hall–Kier alpha value is -2.17. The van der Waals surface area contributed by atoms with Gasteiger partial charge in [-0.15, -0.1) is 0 Å². The van der Waals surface area contributed by atoms with Gasteiger partial charge in [0.15, 0.2) is 0 Å². The Morgan fingerprint density at radius 1 is 1.04 bits per heavy atom. The van der Waals surface area contributed by atoms with Gasteiger partial charge in [0, 0.05) is 6.54 Å². The summed E-state index contributed by atoms with van der Waals surface area (Å²) in [4.78, 5) is 4.16. The molecule has 1 heterocycles. The second-order valence-electron chi connectivity index (χ2n) is 5.72. The highest BCUT2D eigenvalue weighted by molar-refractivity contribution is 7.92. The van der Waals surface area contributed by atoms with Crippen LogP contribution < -0.4 is 15.2 Å². The van der Waals surface area contributed by atoms with Crippen LogP contribution in [0.2, 0.25) is 0 Å². The third-order valence-electron chi connectivity index (χ3n) is 3.49. The van der Waals surface area contributed by atoms with Gasteiger partial charge in [-0.1, -0.05) is 19.1 Å². The van der Waals surface area contributed by atoms with Gasteiger partial charge in [0.2, 0.25) is 20.0 Å². The predicted octanol–water partition coefficient (Wildman–Crippen LogP) is 1.54. The van der Waals surface area contributed by atoms with Crippen molar-refractivity contribution in [1.29, 1.82) is 0 Å². The van der Waals surface area contributed by atoms with E-state index in [-0.39, 0.29) is 16.5 Å². The summed E-state index contributed by atoms with van der Waals surface area (Å²) < 4.78 is 48.2.